The van der Waals surface area contributed by atoms with Crippen LogP contribution in [-0.4, -0.2) is 32.1 Å². The van der Waals surface area contributed by atoms with Crippen LogP contribution < -0.4 is 10.2 Å². The minimum atomic E-state index is -0.881. The Morgan fingerprint density at radius 2 is 1.55 bits per heavy atom. The normalized spacial score (nSPS) is 14.5. The summed E-state index contributed by atoms with van der Waals surface area (Å²) in [5, 5.41) is 49.2. The van der Waals surface area contributed by atoms with Crippen LogP contribution in [-0.2, 0) is 0 Å². The molecule has 3 aromatic rings. The lowest BCUT2D eigenvalue weighted by atomic mass is 10.1. The lowest BCUT2D eigenvalue weighted by Crippen LogP contribution is -2.08. The SMILES string of the molecule is O=c1c(O)c(-c2cc(O)c(O)c(O)c2)oc2cc(OCC3CCCC3)cc(O)c12. The van der Waals surface area contributed by atoms with Crippen molar-refractivity contribution in [1.29, 1.82) is 0 Å². The largest absolute Gasteiger partial charge is 0.507 e. The lowest BCUT2D eigenvalue weighted by molar-refractivity contribution is 0.251. The molecule has 8 nitrogen and oxygen atoms in total. The highest BCUT2D eigenvalue weighted by Gasteiger charge is 2.22. The van der Waals surface area contributed by atoms with Gasteiger partial charge in [0, 0.05) is 17.7 Å². The first-order valence-corrected chi connectivity index (χ1v) is 9.26. The van der Waals surface area contributed by atoms with Gasteiger partial charge in [-0.25, -0.2) is 0 Å². The molecule has 0 bridgehead atoms. The Morgan fingerprint density at radius 1 is 0.897 bits per heavy atom. The highest BCUT2D eigenvalue weighted by molar-refractivity contribution is 5.88. The average molecular weight is 400 g/mol. The second kappa shape index (κ2) is 7.12. The van der Waals surface area contributed by atoms with Crippen molar-refractivity contribution in [3.05, 3.63) is 34.5 Å². The molecule has 29 heavy (non-hydrogen) atoms. The van der Waals surface area contributed by atoms with Crippen LogP contribution in [0.5, 0.6) is 34.5 Å². The van der Waals surface area contributed by atoms with Crippen molar-refractivity contribution in [3.8, 4) is 45.8 Å². The lowest BCUT2D eigenvalue weighted by Gasteiger charge is -2.13. The summed E-state index contributed by atoms with van der Waals surface area (Å²) in [6.45, 7) is 0.486. The summed E-state index contributed by atoms with van der Waals surface area (Å²) in [5.41, 5.74) is -0.949. The molecular weight excluding hydrogens is 380 g/mol. The Labute approximate surface area is 164 Å². The third kappa shape index (κ3) is 3.37. The molecule has 1 aliphatic rings. The summed E-state index contributed by atoms with van der Waals surface area (Å²) in [5.74, 6) is -2.82. The standard InChI is InChI=1S/C21H20O8/c22-13-7-12(28-9-10-3-1-2-4-10)8-16-17(13)19(26)20(27)21(29-16)11-5-14(23)18(25)15(24)6-11/h5-8,10,22-25,27H,1-4,9H2. The van der Waals surface area contributed by atoms with E-state index in [-0.39, 0.29) is 22.3 Å². The van der Waals surface area contributed by atoms with E-state index < -0.39 is 34.2 Å². The zero-order valence-corrected chi connectivity index (χ0v) is 15.4. The van der Waals surface area contributed by atoms with Gasteiger partial charge in [0.05, 0.1) is 6.61 Å². The summed E-state index contributed by atoms with van der Waals surface area (Å²) in [4.78, 5) is 12.6. The molecule has 0 aliphatic heterocycles. The number of hydrogen-bond acceptors (Lipinski definition) is 8. The minimum absolute atomic E-state index is 0.0312. The Hall–Kier alpha value is -3.55. The Morgan fingerprint density at radius 3 is 2.21 bits per heavy atom. The second-order valence-corrected chi connectivity index (χ2v) is 7.25. The van der Waals surface area contributed by atoms with Crippen LogP contribution in [0, 0.1) is 5.92 Å². The predicted octanol–water partition coefficient (Wildman–Crippen LogP) is 3.56. The second-order valence-electron chi connectivity index (χ2n) is 7.25. The maximum Gasteiger partial charge on any atom is 0.238 e. The number of ether oxygens (including phenoxy) is 1. The summed E-state index contributed by atoms with van der Waals surface area (Å²) >= 11 is 0. The zero-order chi connectivity index (χ0) is 20.7. The van der Waals surface area contributed by atoms with Gasteiger partial charge >= 0.3 is 0 Å². The van der Waals surface area contributed by atoms with Crippen molar-refractivity contribution in [2.75, 3.05) is 6.61 Å². The van der Waals surface area contributed by atoms with Crippen LogP contribution in [0.1, 0.15) is 25.7 Å². The first kappa shape index (κ1) is 18.8. The van der Waals surface area contributed by atoms with E-state index in [0.717, 1.165) is 25.0 Å². The van der Waals surface area contributed by atoms with Crippen LogP contribution >= 0.6 is 0 Å². The molecule has 152 valence electrons. The summed E-state index contributed by atoms with van der Waals surface area (Å²) in [7, 11) is 0. The van der Waals surface area contributed by atoms with E-state index in [0.29, 0.717) is 18.3 Å². The molecule has 1 heterocycles. The summed E-state index contributed by atoms with van der Waals surface area (Å²) in [6.07, 6.45) is 4.50. The number of benzene rings is 2. The molecule has 8 heteroatoms. The highest BCUT2D eigenvalue weighted by atomic mass is 16.5. The van der Waals surface area contributed by atoms with Gasteiger partial charge in [0.15, 0.2) is 23.0 Å². The molecule has 4 rings (SSSR count). The predicted molar refractivity (Wildman–Crippen MR) is 104 cm³/mol. The Kier molecular flexibility index (Phi) is 4.62. The molecular formula is C21H20O8. The van der Waals surface area contributed by atoms with E-state index in [4.69, 9.17) is 9.15 Å². The molecule has 0 amide bonds. The van der Waals surface area contributed by atoms with E-state index in [1.807, 2.05) is 0 Å². The fourth-order valence-electron chi connectivity index (χ4n) is 3.67. The molecule has 1 aromatic heterocycles. The third-order valence-electron chi connectivity index (χ3n) is 5.22. The molecule has 0 radical (unpaired) electrons. The zero-order valence-electron chi connectivity index (χ0n) is 15.4. The Balaban J connectivity index is 1.80. The maximum atomic E-state index is 12.6. The first-order valence-electron chi connectivity index (χ1n) is 9.26. The van der Waals surface area contributed by atoms with Crippen LogP contribution in [0.25, 0.3) is 22.3 Å². The quantitative estimate of drug-likeness (QED) is 0.419. The van der Waals surface area contributed by atoms with Gasteiger partial charge in [0.2, 0.25) is 11.2 Å². The number of phenols is 4. The fourth-order valence-corrected chi connectivity index (χ4v) is 3.67. The molecule has 1 saturated carbocycles. The van der Waals surface area contributed by atoms with Gasteiger partial charge in [0.25, 0.3) is 0 Å². The van der Waals surface area contributed by atoms with E-state index in [9.17, 15) is 30.3 Å². The monoisotopic (exact) mass is 400 g/mol. The van der Waals surface area contributed by atoms with Crippen molar-refractivity contribution in [3.63, 3.8) is 0 Å². The maximum absolute atomic E-state index is 12.6. The van der Waals surface area contributed by atoms with Crippen molar-refractivity contribution >= 4 is 11.0 Å². The molecule has 1 aliphatic carbocycles. The third-order valence-corrected chi connectivity index (χ3v) is 5.22. The van der Waals surface area contributed by atoms with Crippen molar-refractivity contribution < 1.29 is 34.7 Å². The first-order chi connectivity index (χ1) is 13.8. The Bertz CT molecular complexity index is 1120. The van der Waals surface area contributed by atoms with Crippen molar-refractivity contribution in [1.82, 2.24) is 0 Å². The van der Waals surface area contributed by atoms with Gasteiger partial charge in [-0.3, -0.25) is 4.79 Å². The number of fused-ring (bicyclic) bond motifs is 1. The number of aromatic hydroxyl groups is 5. The van der Waals surface area contributed by atoms with Gasteiger partial charge in [-0.2, -0.15) is 0 Å². The molecule has 0 saturated heterocycles. The minimum Gasteiger partial charge on any atom is -0.507 e. The average Bonchev–Trinajstić information content (AvgIpc) is 3.20. The van der Waals surface area contributed by atoms with Gasteiger partial charge in [-0.05, 0) is 30.9 Å². The molecule has 0 atom stereocenters. The number of rotatable bonds is 4. The fraction of sp³-hybridized carbons (Fsp3) is 0.286. The smallest absolute Gasteiger partial charge is 0.238 e. The number of phenolic OH excluding ortho intramolecular Hbond substituents is 4. The van der Waals surface area contributed by atoms with E-state index in [2.05, 4.69) is 0 Å². The molecule has 0 unspecified atom stereocenters. The van der Waals surface area contributed by atoms with Gasteiger partial charge in [-0.1, -0.05) is 12.8 Å². The topological polar surface area (TPSA) is 141 Å². The van der Waals surface area contributed by atoms with Crippen LogP contribution in [0.15, 0.2) is 33.5 Å². The van der Waals surface area contributed by atoms with Crippen LogP contribution in [0.4, 0.5) is 0 Å². The molecule has 2 aromatic carbocycles. The molecule has 5 N–H and O–H groups in total. The van der Waals surface area contributed by atoms with Gasteiger partial charge in [0.1, 0.15) is 22.5 Å². The van der Waals surface area contributed by atoms with E-state index >= 15 is 0 Å². The van der Waals surface area contributed by atoms with E-state index in [1.165, 1.54) is 25.0 Å². The highest BCUT2D eigenvalue weighted by Crippen LogP contribution is 2.42. The summed E-state index contributed by atoms with van der Waals surface area (Å²) in [6, 6.07) is 4.79. The summed E-state index contributed by atoms with van der Waals surface area (Å²) < 4.78 is 11.4. The van der Waals surface area contributed by atoms with Crippen LogP contribution in [0.3, 0.4) is 0 Å². The van der Waals surface area contributed by atoms with Crippen LogP contribution in [0.2, 0.25) is 0 Å². The van der Waals surface area contributed by atoms with Gasteiger partial charge < -0.3 is 34.7 Å². The van der Waals surface area contributed by atoms with Crippen molar-refractivity contribution in [2.24, 2.45) is 5.92 Å². The van der Waals surface area contributed by atoms with Gasteiger partial charge in [-0.15, -0.1) is 0 Å². The van der Waals surface area contributed by atoms with E-state index in [1.54, 1.807) is 0 Å². The van der Waals surface area contributed by atoms with Crippen molar-refractivity contribution in [2.45, 2.75) is 25.7 Å². The number of hydrogen-bond donors (Lipinski definition) is 5. The molecule has 1 fully saturated rings. The molecule has 0 spiro atoms.